The van der Waals surface area contributed by atoms with Crippen LogP contribution in [0.25, 0.3) is 0 Å². The fraction of sp³-hybridized carbons (Fsp3) is 0.647. The second-order valence-corrected chi connectivity index (χ2v) is 6.70. The Labute approximate surface area is 127 Å². The normalized spacial score (nSPS) is 18.9. The Morgan fingerprint density at radius 1 is 1.25 bits per heavy atom. The molecule has 2 nitrogen and oxygen atoms in total. The zero-order chi connectivity index (χ0) is 13.9. The van der Waals surface area contributed by atoms with E-state index < -0.39 is 0 Å². The van der Waals surface area contributed by atoms with Crippen LogP contribution in [0.15, 0.2) is 18.2 Å². The van der Waals surface area contributed by atoms with Gasteiger partial charge in [-0.25, -0.2) is 0 Å². The summed E-state index contributed by atoms with van der Waals surface area (Å²) in [6.07, 6.45) is 6.87. The van der Waals surface area contributed by atoms with Gasteiger partial charge in [0, 0.05) is 36.4 Å². The number of rotatable bonds is 7. The first-order chi connectivity index (χ1) is 9.76. The molecule has 1 N–H and O–H groups in total. The van der Waals surface area contributed by atoms with Crippen LogP contribution in [0.2, 0.25) is 5.02 Å². The fourth-order valence-electron chi connectivity index (χ4n) is 2.91. The van der Waals surface area contributed by atoms with Crippen LogP contribution in [-0.4, -0.2) is 19.1 Å². The van der Waals surface area contributed by atoms with Gasteiger partial charge in [-0.15, -0.1) is 0 Å². The maximum atomic E-state index is 6.23. The maximum Gasteiger partial charge on any atom is 0.0426 e. The molecule has 0 unspecified atom stereocenters. The average molecular weight is 293 g/mol. The predicted octanol–water partition coefficient (Wildman–Crippen LogP) is 4.22. The summed E-state index contributed by atoms with van der Waals surface area (Å²) < 4.78 is 0. The molecule has 0 aromatic heterocycles. The highest BCUT2D eigenvalue weighted by Gasteiger charge is 2.23. The SMILES string of the molecule is CCN(CC1CCC1)c1cc(Cl)ccc1CNC1CC1. The molecular formula is C17H25ClN2. The molecule has 3 heteroatoms. The molecule has 0 atom stereocenters. The van der Waals surface area contributed by atoms with E-state index in [1.54, 1.807) is 0 Å². The van der Waals surface area contributed by atoms with Crippen molar-refractivity contribution in [3.63, 3.8) is 0 Å². The minimum Gasteiger partial charge on any atom is -0.371 e. The van der Waals surface area contributed by atoms with Crippen LogP contribution in [0, 0.1) is 5.92 Å². The molecule has 0 spiro atoms. The van der Waals surface area contributed by atoms with E-state index in [4.69, 9.17) is 11.6 Å². The molecular weight excluding hydrogens is 268 g/mol. The summed E-state index contributed by atoms with van der Waals surface area (Å²) in [6, 6.07) is 7.11. The van der Waals surface area contributed by atoms with Gasteiger partial charge in [0.2, 0.25) is 0 Å². The number of nitrogens with one attached hydrogen (secondary N) is 1. The van der Waals surface area contributed by atoms with Crippen molar-refractivity contribution in [3.05, 3.63) is 28.8 Å². The fourth-order valence-corrected chi connectivity index (χ4v) is 3.07. The maximum absolute atomic E-state index is 6.23. The Morgan fingerprint density at radius 2 is 2.05 bits per heavy atom. The smallest absolute Gasteiger partial charge is 0.0426 e. The van der Waals surface area contributed by atoms with E-state index in [1.807, 2.05) is 6.07 Å². The second-order valence-electron chi connectivity index (χ2n) is 6.26. The van der Waals surface area contributed by atoms with Crippen LogP contribution >= 0.6 is 11.6 Å². The Hall–Kier alpha value is -0.730. The number of benzene rings is 1. The largest absolute Gasteiger partial charge is 0.371 e. The van der Waals surface area contributed by atoms with Crippen molar-refractivity contribution in [3.8, 4) is 0 Å². The number of hydrogen-bond acceptors (Lipinski definition) is 2. The summed E-state index contributed by atoms with van der Waals surface area (Å²) in [6.45, 7) is 5.47. The van der Waals surface area contributed by atoms with Crippen LogP contribution in [0.1, 0.15) is 44.6 Å². The Balaban J connectivity index is 1.73. The Kier molecular flexibility index (Phi) is 4.52. The molecule has 0 heterocycles. The first kappa shape index (κ1) is 14.2. The Morgan fingerprint density at radius 3 is 2.65 bits per heavy atom. The third-order valence-corrected chi connectivity index (χ3v) is 4.87. The lowest BCUT2D eigenvalue weighted by Gasteiger charge is -2.34. The molecule has 0 aliphatic heterocycles. The van der Waals surface area contributed by atoms with Crippen LogP contribution in [0.3, 0.4) is 0 Å². The standard InChI is InChI=1S/C17H25ClN2/c1-2-20(12-13-4-3-5-13)17-10-15(18)7-6-14(17)11-19-16-8-9-16/h6-7,10,13,16,19H,2-5,8-9,11-12H2,1H3. The highest BCUT2D eigenvalue weighted by molar-refractivity contribution is 6.30. The topological polar surface area (TPSA) is 15.3 Å². The minimum atomic E-state index is 0.750. The molecule has 0 radical (unpaired) electrons. The van der Waals surface area contributed by atoms with Gasteiger partial charge in [0.25, 0.3) is 0 Å². The second kappa shape index (κ2) is 6.36. The minimum absolute atomic E-state index is 0.750. The summed E-state index contributed by atoms with van der Waals surface area (Å²) in [7, 11) is 0. The number of nitrogens with zero attached hydrogens (tertiary/aromatic N) is 1. The first-order valence-corrected chi connectivity index (χ1v) is 8.41. The van der Waals surface area contributed by atoms with Gasteiger partial charge in [-0.1, -0.05) is 24.1 Å². The molecule has 2 aliphatic rings. The molecule has 2 saturated carbocycles. The van der Waals surface area contributed by atoms with Crippen molar-refractivity contribution in [1.82, 2.24) is 5.32 Å². The predicted molar refractivity (Wildman–Crippen MR) is 86.5 cm³/mol. The third kappa shape index (κ3) is 3.48. The quantitative estimate of drug-likeness (QED) is 0.809. The van der Waals surface area contributed by atoms with Gasteiger partial charge in [0.15, 0.2) is 0 Å². The van der Waals surface area contributed by atoms with E-state index in [0.29, 0.717) is 0 Å². The lowest BCUT2D eigenvalue weighted by Crippen LogP contribution is -2.33. The third-order valence-electron chi connectivity index (χ3n) is 4.63. The summed E-state index contributed by atoms with van der Waals surface area (Å²) in [5, 5.41) is 4.47. The van der Waals surface area contributed by atoms with Gasteiger partial charge < -0.3 is 10.2 Å². The van der Waals surface area contributed by atoms with Crippen molar-refractivity contribution in [2.45, 2.75) is 51.6 Å². The Bertz CT molecular complexity index is 452. The molecule has 20 heavy (non-hydrogen) atoms. The molecule has 110 valence electrons. The van der Waals surface area contributed by atoms with Crippen molar-refractivity contribution in [1.29, 1.82) is 0 Å². The highest BCUT2D eigenvalue weighted by Crippen LogP contribution is 2.32. The van der Waals surface area contributed by atoms with Gasteiger partial charge in [-0.2, -0.15) is 0 Å². The van der Waals surface area contributed by atoms with Gasteiger partial charge >= 0.3 is 0 Å². The molecule has 2 fully saturated rings. The van der Waals surface area contributed by atoms with Gasteiger partial charge in [-0.05, 0) is 56.2 Å². The van der Waals surface area contributed by atoms with Crippen LogP contribution < -0.4 is 10.2 Å². The van der Waals surface area contributed by atoms with E-state index in [0.717, 1.165) is 30.1 Å². The van der Waals surface area contributed by atoms with Crippen molar-refractivity contribution in [2.75, 3.05) is 18.0 Å². The van der Waals surface area contributed by atoms with Gasteiger partial charge in [0.05, 0.1) is 0 Å². The molecule has 0 amide bonds. The zero-order valence-electron chi connectivity index (χ0n) is 12.4. The molecule has 3 rings (SSSR count). The summed E-state index contributed by atoms with van der Waals surface area (Å²) in [5.74, 6) is 0.887. The van der Waals surface area contributed by atoms with Gasteiger partial charge in [-0.3, -0.25) is 0 Å². The van der Waals surface area contributed by atoms with Crippen molar-refractivity contribution in [2.24, 2.45) is 5.92 Å². The van der Waals surface area contributed by atoms with Crippen molar-refractivity contribution < 1.29 is 0 Å². The first-order valence-electron chi connectivity index (χ1n) is 8.03. The van der Waals surface area contributed by atoms with E-state index in [2.05, 4.69) is 29.3 Å². The highest BCUT2D eigenvalue weighted by atomic mass is 35.5. The molecule has 0 saturated heterocycles. The van der Waals surface area contributed by atoms with E-state index in [1.165, 1.54) is 49.9 Å². The monoisotopic (exact) mass is 292 g/mol. The summed E-state index contributed by atoms with van der Waals surface area (Å²) in [4.78, 5) is 2.51. The summed E-state index contributed by atoms with van der Waals surface area (Å²) in [5.41, 5.74) is 2.72. The molecule has 1 aromatic rings. The number of anilines is 1. The lowest BCUT2D eigenvalue weighted by molar-refractivity contribution is 0.318. The van der Waals surface area contributed by atoms with Gasteiger partial charge in [0.1, 0.15) is 0 Å². The summed E-state index contributed by atoms with van der Waals surface area (Å²) >= 11 is 6.23. The van der Waals surface area contributed by atoms with E-state index in [-0.39, 0.29) is 0 Å². The van der Waals surface area contributed by atoms with Crippen LogP contribution in [0.5, 0.6) is 0 Å². The molecule has 2 aliphatic carbocycles. The molecule has 0 bridgehead atoms. The van der Waals surface area contributed by atoms with E-state index in [9.17, 15) is 0 Å². The van der Waals surface area contributed by atoms with E-state index >= 15 is 0 Å². The van der Waals surface area contributed by atoms with Crippen LogP contribution in [-0.2, 0) is 6.54 Å². The lowest BCUT2D eigenvalue weighted by atomic mass is 9.85. The number of hydrogen-bond donors (Lipinski definition) is 1. The number of halogens is 1. The zero-order valence-corrected chi connectivity index (χ0v) is 13.1. The molecule has 1 aromatic carbocycles. The van der Waals surface area contributed by atoms with Crippen LogP contribution in [0.4, 0.5) is 5.69 Å². The van der Waals surface area contributed by atoms with Crippen molar-refractivity contribution >= 4 is 17.3 Å². The average Bonchev–Trinajstić information content (AvgIpc) is 3.20.